The number of nitrogens with two attached hydrogens (primary N) is 2. The zero-order valence-electron chi connectivity index (χ0n) is 8.39. The summed E-state index contributed by atoms with van der Waals surface area (Å²) in [6, 6.07) is 1.29. The lowest BCUT2D eigenvalue weighted by Crippen LogP contribution is -2.23. The molecule has 0 fully saturated rings. The van der Waals surface area contributed by atoms with Crippen molar-refractivity contribution in [3.05, 3.63) is 11.8 Å². The molecule has 0 unspecified atom stereocenters. The van der Waals surface area contributed by atoms with Crippen LogP contribution in [0.4, 0.5) is 19.0 Å². The average Bonchev–Trinajstić information content (AvgIpc) is 2.13. The summed E-state index contributed by atoms with van der Waals surface area (Å²) in [7, 11) is -4.63. The van der Waals surface area contributed by atoms with Gasteiger partial charge in [0, 0.05) is 0 Å². The number of halogens is 3. The Morgan fingerprint density at radius 3 is 2.39 bits per heavy atom. The van der Waals surface area contributed by atoms with Crippen LogP contribution < -0.4 is 15.6 Å². The molecule has 0 aromatic carbocycles. The second-order valence-electron chi connectivity index (χ2n) is 2.92. The lowest BCUT2D eigenvalue weighted by atomic mass is 10.3. The first-order valence-corrected chi connectivity index (χ1v) is 5.58. The Hall–Kier alpha value is -2.06. The molecule has 0 atom stereocenters. The molecule has 98 valence electrons. The van der Waals surface area contributed by atoms with Crippen molar-refractivity contribution in [3.8, 4) is 11.8 Å². The van der Waals surface area contributed by atoms with Crippen molar-refractivity contribution >= 4 is 15.8 Å². The van der Waals surface area contributed by atoms with E-state index in [0.29, 0.717) is 6.20 Å². The maximum atomic E-state index is 12.1. The standard InChI is InChI=1S/C7H5F3N4O3S/c8-7(9,10)17-4-3(1-11)2-14-6(12)5(4)18(13,15)16/h2H,(H2,12,14)(H2,13,15,16). The molecule has 7 nitrogen and oxygen atoms in total. The van der Waals surface area contributed by atoms with Crippen molar-refractivity contribution in [2.75, 3.05) is 5.73 Å². The summed E-state index contributed by atoms with van der Waals surface area (Å²) in [4.78, 5) is 2.07. The minimum absolute atomic E-state index is 0.644. The first-order valence-electron chi connectivity index (χ1n) is 4.03. The minimum Gasteiger partial charge on any atom is -0.403 e. The number of hydrogen-bond acceptors (Lipinski definition) is 6. The number of ether oxygens (including phenoxy) is 1. The normalized spacial score (nSPS) is 11.9. The number of aromatic nitrogens is 1. The van der Waals surface area contributed by atoms with Gasteiger partial charge in [-0.1, -0.05) is 0 Å². The number of sulfonamides is 1. The van der Waals surface area contributed by atoms with Crippen molar-refractivity contribution in [1.29, 1.82) is 5.26 Å². The van der Waals surface area contributed by atoms with E-state index in [1.54, 1.807) is 0 Å². The Bertz CT molecular complexity index is 620. The molecule has 1 rings (SSSR count). The molecule has 0 radical (unpaired) electrons. The van der Waals surface area contributed by atoms with E-state index in [2.05, 4.69) is 9.72 Å². The highest BCUT2D eigenvalue weighted by Crippen LogP contribution is 2.34. The van der Waals surface area contributed by atoms with Gasteiger partial charge >= 0.3 is 6.36 Å². The number of nitriles is 1. The molecule has 0 aliphatic heterocycles. The molecule has 0 aliphatic rings. The van der Waals surface area contributed by atoms with E-state index < -0.39 is 38.4 Å². The number of nitrogens with zero attached hydrogens (tertiary/aromatic N) is 2. The van der Waals surface area contributed by atoms with Crippen LogP contribution >= 0.6 is 0 Å². The number of pyridine rings is 1. The average molecular weight is 282 g/mol. The van der Waals surface area contributed by atoms with E-state index >= 15 is 0 Å². The molecule has 0 saturated carbocycles. The lowest BCUT2D eigenvalue weighted by molar-refractivity contribution is -0.275. The van der Waals surface area contributed by atoms with Gasteiger partial charge in [-0.05, 0) is 0 Å². The fraction of sp³-hybridized carbons (Fsp3) is 0.143. The maximum Gasteiger partial charge on any atom is 0.573 e. The van der Waals surface area contributed by atoms with Crippen LogP contribution in [-0.4, -0.2) is 19.8 Å². The van der Waals surface area contributed by atoms with Crippen LogP contribution in [0.3, 0.4) is 0 Å². The van der Waals surface area contributed by atoms with E-state index in [0.717, 1.165) is 0 Å². The molecule has 18 heavy (non-hydrogen) atoms. The lowest BCUT2D eigenvalue weighted by Gasteiger charge is -2.14. The Balaban J connectivity index is 3.64. The summed E-state index contributed by atoms with van der Waals surface area (Å²) >= 11 is 0. The van der Waals surface area contributed by atoms with E-state index in [-0.39, 0.29) is 0 Å². The van der Waals surface area contributed by atoms with Gasteiger partial charge in [-0.2, -0.15) is 5.26 Å². The molecule has 11 heteroatoms. The molecule has 1 aromatic heterocycles. The smallest absolute Gasteiger partial charge is 0.403 e. The SMILES string of the molecule is N#Cc1cnc(N)c(S(N)(=O)=O)c1OC(F)(F)F. The van der Waals surface area contributed by atoms with Crippen LogP contribution in [0.15, 0.2) is 11.1 Å². The van der Waals surface area contributed by atoms with Gasteiger partial charge in [0.2, 0.25) is 10.0 Å². The number of hydrogen-bond donors (Lipinski definition) is 2. The predicted molar refractivity (Wildman–Crippen MR) is 51.4 cm³/mol. The molecule has 4 N–H and O–H groups in total. The molecule has 0 amide bonds. The minimum atomic E-state index is -5.21. The van der Waals surface area contributed by atoms with E-state index in [4.69, 9.17) is 16.1 Å². The molecule has 0 bridgehead atoms. The van der Waals surface area contributed by atoms with Crippen molar-refractivity contribution < 1.29 is 26.3 Å². The monoisotopic (exact) mass is 282 g/mol. The van der Waals surface area contributed by atoms with Gasteiger partial charge in [0.25, 0.3) is 0 Å². The number of nitrogen functional groups attached to an aromatic ring is 1. The van der Waals surface area contributed by atoms with Crippen LogP contribution in [-0.2, 0) is 10.0 Å². The fourth-order valence-corrected chi connectivity index (χ4v) is 1.82. The third kappa shape index (κ3) is 2.99. The van der Waals surface area contributed by atoms with Crippen molar-refractivity contribution in [1.82, 2.24) is 4.98 Å². The van der Waals surface area contributed by atoms with Gasteiger partial charge in [-0.15, -0.1) is 13.2 Å². The second kappa shape index (κ2) is 4.31. The highest BCUT2D eigenvalue weighted by molar-refractivity contribution is 7.89. The van der Waals surface area contributed by atoms with Crippen molar-refractivity contribution in [3.63, 3.8) is 0 Å². The zero-order chi connectivity index (χ0) is 14.1. The Kier molecular flexibility index (Phi) is 3.36. The van der Waals surface area contributed by atoms with Gasteiger partial charge in [-0.3, -0.25) is 0 Å². The molecular formula is C7H5F3N4O3S. The molecule has 1 aromatic rings. The Labute approximate surface area is 98.8 Å². The molecule has 0 saturated heterocycles. The summed E-state index contributed by atoms with van der Waals surface area (Å²) < 4.78 is 62.1. The number of rotatable bonds is 2. The summed E-state index contributed by atoms with van der Waals surface area (Å²) in [5, 5.41) is 13.3. The van der Waals surface area contributed by atoms with Crippen LogP contribution in [0, 0.1) is 11.3 Å². The Morgan fingerprint density at radius 2 is 2.00 bits per heavy atom. The van der Waals surface area contributed by atoms with Crippen molar-refractivity contribution in [2.45, 2.75) is 11.3 Å². The third-order valence-corrected chi connectivity index (χ3v) is 2.60. The topological polar surface area (TPSA) is 132 Å². The third-order valence-electron chi connectivity index (χ3n) is 1.64. The number of alkyl halides is 3. The van der Waals surface area contributed by atoms with Crippen LogP contribution in [0.25, 0.3) is 0 Å². The molecule has 0 aliphatic carbocycles. The summed E-state index contributed by atoms with van der Waals surface area (Å²) in [6.45, 7) is 0. The summed E-state index contributed by atoms with van der Waals surface area (Å²) in [5.74, 6) is -2.09. The van der Waals surface area contributed by atoms with Gasteiger partial charge in [0.05, 0.1) is 6.20 Å². The Morgan fingerprint density at radius 1 is 1.44 bits per heavy atom. The first kappa shape index (κ1) is 14.0. The molecule has 1 heterocycles. The van der Waals surface area contributed by atoms with Crippen LogP contribution in [0.5, 0.6) is 5.75 Å². The molecule has 0 spiro atoms. The van der Waals surface area contributed by atoms with E-state index in [9.17, 15) is 21.6 Å². The van der Waals surface area contributed by atoms with Gasteiger partial charge in [-0.25, -0.2) is 18.5 Å². The largest absolute Gasteiger partial charge is 0.573 e. The van der Waals surface area contributed by atoms with Crippen LogP contribution in [0.1, 0.15) is 5.56 Å². The second-order valence-corrected chi connectivity index (χ2v) is 4.42. The molecular weight excluding hydrogens is 277 g/mol. The summed E-state index contributed by atoms with van der Waals surface area (Å²) in [6.07, 6.45) is -4.57. The fourth-order valence-electron chi connectivity index (χ4n) is 1.06. The van der Waals surface area contributed by atoms with E-state index in [1.807, 2.05) is 0 Å². The highest BCUT2D eigenvalue weighted by atomic mass is 32.2. The number of primary sulfonamides is 1. The van der Waals surface area contributed by atoms with Crippen molar-refractivity contribution in [2.24, 2.45) is 5.14 Å². The first-order chi connectivity index (χ1) is 8.06. The highest BCUT2D eigenvalue weighted by Gasteiger charge is 2.36. The quantitative estimate of drug-likeness (QED) is 0.789. The van der Waals surface area contributed by atoms with Crippen LogP contribution in [0.2, 0.25) is 0 Å². The van der Waals surface area contributed by atoms with E-state index in [1.165, 1.54) is 6.07 Å². The van der Waals surface area contributed by atoms with Gasteiger partial charge in [0.1, 0.15) is 17.5 Å². The van der Waals surface area contributed by atoms with Gasteiger partial charge < -0.3 is 10.5 Å². The zero-order valence-corrected chi connectivity index (χ0v) is 9.21. The number of anilines is 1. The van der Waals surface area contributed by atoms with Gasteiger partial charge in [0.15, 0.2) is 10.6 Å². The summed E-state index contributed by atoms with van der Waals surface area (Å²) in [5.41, 5.74) is 4.36. The maximum absolute atomic E-state index is 12.1. The predicted octanol–water partition coefficient (Wildman–Crippen LogP) is 0.0815.